The fourth-order valence-electron chi connectivity index (χ4n) is 2.54. The van der Waals surface area contributed by atoms with Crippen molar-refractivity contribution in [2.75, 3.05) is 32.8 Å². The molecule has 1 N–H and O–H groups in total. The maximum atomic E-state index is 12.3. The number of aryl methyl sites for hydroxylation is 1. The molecule has 7 heteroatoms. The number of morpholine rings is 1. The van der Waals surface area contributed by atoms with Crippen molar-refractivity contribution in [2.24, 2.45) is 0 Å². The smallest absolute Gasteiger partial charge is 0.253 e. The maximum absolute atomic E-state index is 12.3. The number of pyridine rings is 1. The fourth-order valence-corrected chi connectivity index (χ4v) is 3.23. The van der Waals surface area contributed by atoms with Gasteiger partial charge in [0.2, 0.25) is 5.91 Å². The summed E-state index contributed by atoms with van der Waals surface area (Å²) in [5, 5.41) is 4.67. The number of rotatable bonds is 4. The number of carbonyl (C=O) groups is 2. The van der Waals surface area contributed by atoms with Crippen LogP contribution in [-0.4, -0.2) is 54.5 Å². The number of aromatic nitrogens is 1. The molecule has 0 saturated carbocycles. The Balaban J connectivity index is 1.61. The summed E-state index contributed by atoms with van der Waals surface area (Å²) in [6, 6.07) is 7.55. The van der Waals surface area contributed by atoms with Gasteiger partial charge in [-0.3, -0.25) is 14.6 Å². The molecule has 0 radical (unpaired) electrons. The molecule has 2 aromatic heterocycles. The summed E-state index contributed by atoms with van der Waals surface area (Å²) >= 11 is 1.61. The molecule has 1 aliphatic rings. The van der Waals surface area contributed by atoms with Gasteiger partial charge in [0.1, 0.15) is 0 Å². The molecule has 0 aliphatic carbocycles. The van der Waals surface area contributed by atoms with Crippen LogP contribution in [0.1, 0.15) is 16.1 Å². The minimum absolute atomic E-state index is 0.00898. The molecule has 0 atom stereocenters. The van der Waals surface area contributed by atoms with Gasteiger partial charge < -0.3 is 15.0 Å². The van der Waals surface area contributed by atoms with E-state index in [4.69, 9.17) is 4.74 Å². The van der Waals surface area contributed by atoms with E-state index in [-0.39, 0.29) is 18.4 Å². The van der Waals surface area contributed by atoms with Crippen LogP contribution in [0.2, 0.25) is 0 Å². The van der Waals surface area contributed by atoms with Crippen molar-refractivity contribution in [1.82, 2.24) is 15.2 Å². The van der Waals surface area contributed by atoms with Gasteiger partial charge >= 0.3 is 0 Å². The van der Waals surface area contributed by atoms with Gasteiger partial charge in [0.25, 0.3) is 5.91 Å². The lowest BCUT2D eigenvalue weighted by atomic mass is 10.1. The fraction of sp³-hybridized carbons (Fsp3) is 0.353. The number of hydrogen-bond acceptors (Lipinski definition) is 5. The van der Waals surface area contributed by atoms with E-state index >= 15 is 0 Å². The summed E-state index contributed by atoms with van der Waals surface area (Å²) in [5.74, 6) is -0.369. The molecule has 0 unspecified atom stereocenters. The molecule has 24 heavy (non-hydrogen) atoms. The van der Waals surface area contributed by atoms with E-state index in [9.17, 15) is 9.59 Å². The molecule has 0 bridgehead atoms. The monoisotopic (exact) mass is 345 g/mol. The van der Waals surface area contributed by atoms with Crippen molar-refractivity contribution in [1.29, 1.82) is 0 Å². The van der Waals surface area contributed by atoms with Gasteiger partial charge in [0.05, 0.1) is 41.6 Å². The molecule has 2 amide bonds. The third-order valence-corrected chi connectivity index (χ3v) is 4.76. The topological polar surface area (TPSA) is 71.5 Å². The standard InChI is InChI=1S/C17H19N3O3S/c1-12-13(4-5-14(19-12)15-3-2-10-24-15)17(22)18-11-16(21)20-6-8-23-9-7-20/h2-5,10H,6-9,11H2,1H3,(H,18,22). The van der Waals surface area contributed by atoms with Crippen molar-refractivity contribution in [3.8, 4) is 10.6 Å². The van der Waals surface area contributed by atoms with Crippen molar-refractivity contribution in [3.63, 3.8) is 0 Å². The molecule has 1 fully saturated rings. The van der Waals surface area contributed by atoms with Crippen LogP contribution in [0, 0.1) is 6.92 Å². The van der Waals surface area contributed by atoms with Crippen LogP contribution in [0.4, 0.5) is 0 Å². The molecule has 3 heterocycles. The van der Waals surface area contributed by atoms with Crippen LogP contribution in [0.3, 0.4) is 0 Å². The van der Waals surface area contributed by atoms with Gasteiger partial charge in [-0.1, -0.05) is 6.07 Å². The Labute approximate surface area is 144 Å². The lowest BCUT2D eigenvalue weighted by molar-refractivity contribution is -0.134. The molecule has 0 aromatic carbocycles. The normalized spacial score (nSPS) is 14.5. The van der Waals surface area contributed by atoms with E-state index < -0.39 is 0 Å². The number of nitrogens with zero attached hydrogens (tertiary/aromatic N) is 2. The highest BCUT2D eigenvalue weighted by atomic mass is 32.1. The number of carbonyl (C=O) groups excluding carboxylic acids is 2. The van der Waals surface area contributed by atoms with Gasteiger partial charge in [-0.05, 0) is 30.5 Å². The lowest BCUT2D eigenvalue weighted by Crippen LogP contribution is -2.45. The van der Waals surface area contributed by atoms with Gasteiger partial charge in [0, 0.05) is 13.1 Å². The Morgan fingerprint density at radius 1 is 1.29 bits per heavy atom. The van der Waals surface area contributed by atoms with Crippen LogP contribution in [0.15, 0.2) is 29.6 Å². The highest BCUT2D eigenvalue weighted by Gasteiger charge is 2.18. The van der Waals surface area contributed by atoms with Crippen LogP contribution in [0.25, 0.3) is 10.6 Å². The first-order valence-corrected chi connectivity index (χ1v) is 8.68. The Kier molecular flexibility index (Phi) is 5.22. The first-order valence-electron chi connectivity index (χ1n) is 7.80. The zero-order valence-corrected chi connectivity index (χ0v) is 14.3. The van der Waals surface area contributed by atoms with Gasteiger partial charge in [-0.15, -0.1) is 11.3 Å². The SMILES string of the molecule is Cc1nc(-c2cccs2)ccc1C(=O)NCC(=O)N1CCOCC1. The van der Waals surface area contributed by atoms with Crippen molar-refractivity contribution < 1.29 is 14.3 Å². The second-order valence-electron chi connectivity index (χ2n) is 5.48. The van der Waals surface area contributed by atoms with E-state index in [2.05, 4.69) is 10.3 Å². The van der Waals surface area contributed by atoms with E-state index in [1.165, 1.54) is 0 Å². The van der Waals surface area contributed by atoms with Crippen molar-refractivity contribution in [2.45, 2.75) is 6.92 Å². The third-order valence-electron chi connectivity index (χ3n) is 3.87. The summed E-state index contributed by atoms with van der Waals surface area (Å²) in [5.41, 5.74) is 1.99. The molecule has 2 aromatic rings. The molecule has 3 rings (SSSR count). The largest absolute Gasteiger partial charge is 0.378 e. The van der Waals surface area contributed by atoms with E-state index in [1.807, 2.05) is 23.6 Å². The number of amides is 2. The second-order valence-corrected chi connectivity index (χ2v) is 6.43. The molecule has 126 valence electrons. The highest BCUT2D eigenvalue weighted by Crippen LogP contribution is 2.23. The van der Waals surface area contributed by atoms with Crippen LogP contribution in [-0.2, 0) is 9.53 Å². The van der Waals surface area contributed by atoms with Crippen LogP contribution in [0.5, 0.6) is 0 Å². The predicted octanol–water partition coefficient (Wildman–Crippen LogP) is 1.71. The zero-order chi connectivity index (χ0) is 16.9. The first-order chi connectivity index (χ1) is 11.6. The second kappa shape index (κ2) is 7.55. The predicted molar refractivity (Wildman–Crippen MR) is 92.0 cm³/mol. The Bertz CT molecular complexity index is 725. The summed E-state index contributed by atoms with van der Waals surface area (Å²) < 4.78 is 5.21. The molecule has 6 nitrogen and oxygen atoms in total. The van der Waals surface area contributed by atoms with E-state index in [0.717, 1.165) is 10.6 Å². The third kappa shape index (κ3) is 3.80. The van der Waals surface area contributed by atoms with Crippen molar-refractivity contribution >= 4 is 23.2 Å². The summed E-state index contributed by atoms with van der Waals surface area (Å²) in [4.78, 5) is 31.6. The van der Waals surface area contributed by atoms with Gasteiger partial charge in [-0.2, -0.15) is 0 Å². The molecule has 0 spiro atoms. The minimum Gasteiger partial charge on any atom is -0.378 e. The quantitative estimate of drug-likeness (QED) is 0.916. The summed E-state index contributed by atoms with van der Waals surface area (Å²) in [6.45, 7) is 4.04. The molecular weight excluding hydrogens is 326 g/mol. The Morgan fingerprint density at radius 2 is 2.08 bits per heavy atom. The minimum atomic E-state index is -0.278. The molecule has 1 aliphatic heterocycles. The number of nitrogens with one attached hydrogen (secondary N) is 1. The summed E-state index contributed by atoms with van der Waals surface area (Å²) in [7, 11) is 0. The van der Waals surface area contributed by atoms with E-state index in [0.29, 0.717) is 37.6 Å². The Hall–Kier alpha value is -2.25. The molecular formula is C17H19N3O3S. The number of ether oxygens (including phenoxy) is 1. The average molecular weight is 345 g/mol. The van der Waals surface area contributed by atoms with E-state index in [1.54, 1.807) is 29.2 Å². The Morgan fingerprint density at radius 3 is 2.75 bits per heavy atom. The molecule has 1 saturated heterocycles. The van der Waals surface area contributed by atoms with Gasteiger partial charge in [-0.25, -0.2) is 0 Å². The summed E-state index contributed by atoms with van der Waals surface area (Å²) in [6.07, 6.45) is 0. The number of hydrogen-bond donors (Lipinski definition) is 1. The highest BCUT2D eigenvalue weighted by molar-refractivity contribution is 7.13. The number of thiophene rings is 1. The lowest BCUT2D eigenvalue weighted by Gasteiger charge is -2.26. The maximum Gasteiger partial charge on any atom is 0.253 e. The average Bonchev–Trinajstić information content (AvgIpc) is 3.14. The van der Waals surface area contributed by atoms with Crippen LogP contribution < -0.4 is 5.32 Å². The van der Waals surface area contributed by atoms with Crippen molar-refractivity contribution in [3.05, 3.63) is 40.9 Å². The zero-order valence-electron chi connectivity index (χ0n) is 13.4. The van der Waals surface area contributed by atoms with Gasteiger partial charge in [0.15, 0.2) is 0 Å². The first kappa shape index (κ1) is 16.6. The van der Waals surface area contributed by atoms with Crippen LogP contribution >= 0.6 is 11.3 Å².